The summed E-state index contributed by atoms with van der Waals surface area (Å²) < 4.78 is 17.2. The smallest absolute Gasteiger partial charge is 0.307 e. The summed E-state index contributed by atoms with van der Waals surface area (Å²) in [5.41, 5.74) is 1.01. The van der Waals surface area contributed by atoms with E-state index >= 15 is 0 Å². The van der Waals surface area contributed by atoms with Gasteiger partial charge in [0.15, 0.2) is 0 Å². The fraction of sp³-hybridized carbons (Fsp3) is 0.815. The lowest BCUT2D eigenvalue weighted by molar-refractivity contribution is -0.184. The van der Waals surface area contributed by atoms with Gasteiger partial charge in [0.25, 0.3) is 0 Å². The van der Waals surface area contributed by atoms with E-state index in [2.05, 4.69) is 13.8 Å². The minimum atomic E-state index is -0.303. The SMILES string of the molecule is CC(=O)O/C(C)=C1\CC[C@@H]2[C@@H]3CC[C@@H]4C[C@H](OC(C)=O)CC[C@]4(C)[C@H]3C[C@H](OC(C)=O)[C@]12C. The Balaban J connectivity index is 1.67. The molecule has 0 spiro atoms. The molecule has 0 saturated heterocycles. The van der Waals surface area contributed by atoms with E-state index in [0.717, 1.165) is 56.9 Å². The molecule has 0 aromatic rings. The number of allylic oxidation sites excluding steroid dienone is 1. The van der Waals surface area contributed by atoms with Gasteiger partial charge in [-0.1, -0.05) is 13.8 Å². The van der Waals surface area contributed by atoms with Crippen LogP contribution in [0.5, 0.6) is 0 Å². The van der Waals surface area contributed by atoms with Crippen molar-refractivity contribution in [3.8, 4) is 0 Å². The monoisotopic (exact) mass is 460 g/mol. The second-order valence-electron chi connectivity index (χ2n) is 11.4. The maximum absolute atomic E-state index is 12.2. The molecule has 4 aliphatic rings. The molecule has 4 rings (SSSR count). The van der Waals surface area contributed by atoms with E-state index in [9.17, 15) is 14.4 Å². The normalized spacial score (nSPS) is 43.5. The zero-order chi connectivity index (χ0) is 24.1. The van der Waals surface area contributed by atoms with Crippen LogP contribution in [0.1, 0.15) is 92.9 Å². The molecule has 0 aromatic carbocycles. The van der Waals surface area contributed by atoms with E-state index in [0.29, 0.717) is 29.4 Å². The first-order valence-electron chi connectivity index (χ1n) is 12.7. The van der Waals surface area contributed by atoms with Gasteiger partial charge in [0, 0.05) is 26.2 Å². The topological polar surface area (TPSA) is 78.9 Å². The van der Waals surface area contributed by atoms with Crippen molar-refractivity contribution < 1.29 is 28.6 Å². The molecule has 6 heteroatoms. The Labute approximate surface area is 197 Å². The third-order valence-electron chi connectivity index (χ3n) is 9.84. The lowest BCUT2D eigenvalue weighted by atomic mass is 9.44. The Morgan fingerprint density at radius 2 is 1.52 bits per heavy atom. The summed E-state index contributed by atoms with van der Waals surface area (Å²) in [7, 11) is 0. The molecule has 4 aliphatic carbocycles. The number of hydrogen-bond acceptors (Lipinski definition) is 6. The van der Waals surface area contributed by atoms with E-state index in [1.165, 1.54) is 20.8 Å². The van der Waals surface area contributed by atoms with Crippen LogP contribution in [0, 0.1) is 34.5 Å². The van der Waals surface area contributed by atoms with Gasteiger partial charge in [-0.15, -0.1) is 0 Å². The Morgan fingerprint density at radius 1 is 0.818 bits per heavy atom. The largest absolute Gasteiger partial charge is 0.463 e. The van der Waals surface area contributed by atoms with Gasteiger partial charge in [-0.05, 0) is 93.0 Å². The molecule has 0 heterocycles. The number of ether oxygens (including phenoxy) is 3. The molecular weight excluding hydrogens is 420 g/mol. The van der Waals surface area contributed by atoms with E-state index in [1.807, 2.05) is 6.92 Å². The van der Waals surface area contributed by atoms with Crippen LogP contribution in [0.3, 0.4) is 0 Å². The van der Waals surface area contributed by atoms with Gasteiger partial charge in [-0.3, -0.25) is 14.4 Å². The highest BCUT2D eigenvalue weighted by Gasteiger charge is 2.63. The molecule has 6 nitrogen and oxygen atoms in total. The summed E-state index contributed by atoms with van der Waals surface area (Å²) in [6.45, 7) is 11.0. The van der Waals surface area contributed by atoms with Crippen molar-refractivity contribution in [3.63, 3.8) is 0 Å². The molecule has 184 valence electrons. The zero-order valence-electron chi connectivity index (χ0n) is 21.1. The highest BCUT2D eigenvalue weighted by Crippen LogP contribution is 2.68. The first-order chi connectivity index (χ1) is 15.5. The lowest BCUT2D eigenvalue weighted by Crippen LogP contribution is -2.58. The number of rotatable bonds is 3. The van der Waals surface area contributed by atoms with Crippen molar-refractivity contribution in [3.05, 3.63) is 11.3 Å². The number of carbonyl (C=O) groups excluding carboxylic acids is 3. The molecule has 8 atom stereocenters. The van der Waals surface area contributed by atoms with E-state index in [4.69, 9.17) is 14.2 Å². The van der Waals surface area contributed by atoms with Crippen molar-refractivity contribution in [2.24, 2.45) is 34.5 Å². The summed E-state index contributed by atoms with van der Waals surface area (Å²) in [6.07, 6.45) is 7.79. The molecule has 4 fully saturated rings. The van der Waals surface area contributed by atoms with Crippen LogP contribution in [-0.4, -0.2) is 30.1 Å². The molecular formula is C27H40O6. The van der Waals surface area contributed by atoms with Crippen molar-refractivity contribution in [2.75, 3.05) is 0 Å². The second-order valence-corrected chi connectivity index (χ2v) is 11.4. The highest BCUT2D eigenvalue weighted by atomic mass is 16.5. The molecule has 0 aliphatic heterocycles. The van der Waals surface area contributed by atoms with Crippen LogP contribution in [0.2, 0.25) is 0 Å². The predicted octanol–water partition coefficient (Wildman–Crippen LogP) is 5.34. The quantitative estimate of drug-likeness (QED) is 0.321. The van der Waals surface area contributed by atoms with Crippen LogP contribution in [-0.2, 0) is 28.6 Å². The molecule has 0 N–H and O–H groups in total. The average molecular weight is 461 g/mol. The minimum absolute atomic E-state index is 0.0302. The number of carbonyl (C=O) groups is 3. The molecule has 0 amide bonds. The van der Waals surface area contributed by atoms with E-state index in [1.54, 1.807) is 0 Å². The number of hydrogen-bond donors (Lipinski definition) is 0. The van der Waals surface area contributed by atoms with Crippen LogP contribution in [0.25, 0.3) is 0 Å². The van der Waals surface area contributed by atoms with Crippen molar-refractivity contribution in [1.29, 1.82) is 0 Å². The summed E-state index contributed by atoms with van der Waals surface area (Å²) in [4.78, 5) is 35.4. The first kappa shape index (κ1) is 24.3. The van der Waals surface area contributed by atoms with Crippen molar-refractivity contribution in [2.45, 2.75) is 105 Å². The third-order valence-corrected chi connectivity index (χ3v) is 9.84. The van der Waals surface area contributed by atoms with Gasteiger partial charge in [-0.2, -0.15) is 0 Å². The summed E-state index contributed by atoms with van der Waals surface area (Å²) in [6, 6.07) is 0. The zero-order valence-corrected chi connectivity index (χ0v) is 21.1. The Bertz CT molecular complexity index is 861. The van der Waals surface area contributed by atoms with Crippen molar-refractivity contribution >= 4 is 17.9 Å². The van der Waals surface area contributed by atoms with Gasteiger partial charge in [0.1, 0.15) is 18.0 Å². The predicted molar refractivity (Wildman–Crippen MR) is 123 cm³/mol. The maximum atomic E-state index is 12.2. The van der Waals surface area contributed by atoms with E-state index < -0.39 is 0 Å². The van der Waals surface area contributed by atoms with Crippen LogP contribution >= 0.6 is 0 Å². The molecule has 4 saturated carbocycles. The Morgan fingerprint density at radius 3 is 2.15 bits per heavy atom. The van der Waals surface area contributed by atoms with Gasteiger partial charge < -0.3 is 14.2 Å². The Kier molecular flexibility index (Phi) is 6.43. The first-order valence-corrected chi connectivity index (χ1v) is 12.7. The molecule has 33 heavy (non-hydrogen) atoms. The highest BCUT2D eigenvalue weighted by molar-refractivity contribution is 5.68. The summed E-state index contributed by atoms with van der Waals surface area (Å²) >= 11 is 0. The molecule has 0 radical (unpaired) electrons. The maximum Gasteiger partial charge on any atom is 0.307 e. The van der Waals surface area contributed by atoms with Crippen LogP contribution in [0.4, 0.5) is 0 Å². The fourth-order valence-electron chi connectivity index (χ4n) is 8.53. The third kappa shape index (κ3) is 4.12. The fourth-order valence-corrected chi connectivity index (χ4v) is 8.53. The molecule has 0 unspecified atom stereocenters. The standard InChI is InChI=1S/C27H40O6/c1-15(31-16(2)28)22-9-10-23-21-8-7-19-13-20(32-17(3)29)11-12-26(19,5)24(21)14-25(27(22,23)6)33-18(4)30/h19-21,23-25H,7-14H2,1-6H3/b22-15+/t19-,20-,21+,23-,24+,25+,26+,27-/m1/s1. The van der Waals surface area contributed by atoms with Gasteiger partial charge in [0.2, 0.25) is 0 Å². The lowest BCUT2D eigenvalue weighted by Gasteiger charge is -2.62. The van der Waals surface area contributed by atoms with Gasteiger partial charge >= 0.3 is 17.9 Å². The van der Waals surface area contributed by atoms with Crippen molar-refractivity contribution in [1.82, 2.24) is 0 Å². The van der Waals surface area contributed by atoms with Crippen LogP contribution in [0.15, 0.2) is 11.3 Å². The van der Waals surface area contributed by atoms with Gasteiger partial charge in [-0.25, -0.2) is 0 Å². The molecule has 0 aromatic heterocycles. The summed E-state index contributed by atoms with van der Waals surface area (Å²) in [5.74, 6) is 1.93. The Hall–Kier alpha value is -1.85. The van der Waals surface area contributed by atoms with Gasteiger partial charge in [0.05, 0.1) is 0 Å². The summed E-state index contributed by atoms with van der Waals surface area (Å²) in [5, 5.41) is 0. The second kappa shape index (κ2) is 8.74. The number of esters is 3. The average Bonchev–Trinajstić information content (AvgIpc) is 3.06. The van der Waals surface area contributed by atoms with Crippen LogP contribution < -0.4 is 0 Å². The molecule has 0 bridgehead atoms. The minimum Gasteiger partial charge on any atom is -0.463 e. The number of fused-ring (bicyclic) bond motifs is 5. The van der Waals surface area contributed by atoms with E-state index in [-0.39, 0.29) is 40.9 Å².